The van der Waals surface area contributed by atoms with Gasteiger partial charge in [0.05, 0.1) is 0 Å². The fourth-order valence-corrected chi connectivity index (χ4v) is 4.35. The first-order valence-electron chi connectivity index (χ1n) is 8.66. The van der Waals surface area contributed by atoms with Gasteiger partial charge in [-0.1, -0.05) is 26.7 Å². The monoisotopic (exact) mass is 266 g/mol. The first kappa shape index (κ1) is 15.3. The molecule has 1 atom stereocenters. The normalized spacial score (nSPS) is 25.3. The molecule has 2 fully saturated rings. The Balaban J connectivity index is 1.70. The summed E-state index contributed by atoms with van der Waals surface area (Å²) in [5.74, 6) is 0. The van der Waals surface area contributed by atoms with E-state index in [1.807, 2.05) is 0 Å². The molecule has 2 nitrogen and oxygen atoms in total. The first-order chi connectivity index (χ1) is 9.17. The highest BCUT2D eigenvalue weighted by Gasteiger charge is 2.37. The molecule has 2 aliphatic rings. The maximum absolute atomic E-state index is 3.88. The van der Waals surface area contributed by atoms with Gasteiger partial charge in [-0.2, -0.15) is 0 Å². The van der Waals surface area contributed by atoms with Crippen LogP contribution in [0.4, 0.5) is 0 Å². The van der Waals surface area contributed by atoms with Gasteiger partial charge in [-0.15, -0.1) is 0 Å². The highest BCUT2D eigenvalue weighted by atomic mass is 15.1. The van der Waals surface area contributed by atoms with E-state index in [0.29, 0.717) is 6.04 Å². The molecule has 0 amide bonds. The number of nitrogens with one attached hydrogen (secondary N) is 1. The summed E-state index contributed by atoms with van der Waals surface area (Å²) in [4.78, 5) is 2.53. The van der Waals surface area contributed by atoms with Crippen molar-refractivity contribution >= 4 is 0 Å². The van der Waals surface area contributed by atoms with E-state index in [4.69, 9.17) is 0 Å². The fourth-order valence-electron chi connectivity index (χ4n) is 4.35. The quantitative estimate of drug-likeness (QED) is 0.786. The van der Waals surface area contributed by atoms with E-state index >= 15 is 0 Å². The zero-order chi connectivity index (χ0) is 13.7. The Hall–Kier alpha value is -0.0800. The van der Waals surface area contributed by atoms with Gasteiger partial charge in [0.25, 0.3) is 0 Å². The van der Waals surface area contributed by atoms with Gasteiger partial charge in [-0.25, -0.2) is 0 Å². The highest BCUT2D eigenvalue weighted by molar-refractivity contribution is 4.91. The molecule has 2 saturated carbocycles. The number of hydrogen-bond donors (Lipinski definition) is 1. The topological polar surface area (TPSA) is 15.3 Å². The van der Waals surface area contributed by atoms with Gasteiger partial charge in [-0.3, -0.25) is 0 Å². The third kappa shape index (κ3) is 4.19. The van der Waals surface area contributed by atoms with Crippen molar-refractivity contribution in [1.29, 1.82) is 0 Å². The Kier molecular flexibility index (Phi) is 5.70. The van der Waals surface area contributed by atoms with Crippen molar-refractivity contribution in [3.05, 3.63) is 0 Å². The molecule has 0 aromatic rings. The van der Waals surface area contributed by atoms with E-state index < -0.39 is 0 Å². The van der Waals surface area contributed by atoms with Crippen molar-refractivity contribution in [2.24, 2.45) is 5.41 Å². The predicted octanol–water partition coefficient (Wildman–Crippen LogP) is 3.81. The second kappa shape index (κ2) is 7.08. The molecule has 0 radical (unpaired) electrons. The summed E-state index contributed by atoms with van der Waals surface area (Å²) >= 11 is 0. The van der Waals surface area contributed by atoms with E-state index in [2.05, 4.69) is 31.0 Å². The summed E-state index contributed by atoms with van der Waals surface area (Å²) < 4.78 is 0. The van der Waals surface area contributed by atoms with Gasteiger partial charge in [0.1, 0.15) is 0 Å². The molecule has 0 aliphatic heterocycles. The van der Waals surface area contributed by atoms with E-state index in [0.717, 1.165) is 11.5 Å². The number of likely N-dealkylation sites (N-methyl/N-ethyl adjacent to an activating group) is 1. The van der Waals surface area contributed by atoms with Crippen molar-refractivity contribution in [1.82, 2.24) is 10.2 Å². The number of rotatable bonds is 6. The predicted molar refractivity (Wildman–Crippen MR) is 83.5 cm³/mol. The van der Waals surface area contributed by atoms with E-state index in [1.165, 1.54) is 71.0 Å². The van der Waals surface area contributed by atoms with Crippen LogP contribution in [-0.2, 0) is 0 Å². The van der Waals surface area contributed by atoms with E-state index in [1.54, 1.807) is 0 Å². The van der Waals surface area contributed by atoms with Crippen LogP contribution >= 0.6 is 0 Å². The van der Waals surface area contributed by atoms with Crippen LogP contribution in [0.25, 0.3) is 0 Å². The molecular weight excluding hydrogens is 232 g/mol. The van der Waals surface area contributed by atoms with Crippen LogP contribution < -0.4 is 5.32 Å². The molecule has 0 aromatic carbocycles. The SMILES string of the molecule is CCN(CC)CC(C)NC1CCC2(CCCC2)CC1. The van der Waals surface area contributed by atoms with E-state index in [9.17, 15) is 0 Å². The fraction of sp³-hybridized carbons (Fsp3) is 1.00. The molecular formula is C17H34N2. The van der Waals surface area contributed by atoms with Gasteiger partial charge in [0.2, 0.25) is 0 Å². The first-order valence-corrected chi connectivity index (χ1v) is 8.66. The highest BCUT2D eigenvalue weighted by Crippen LogP contribution is 2.48. The number of hydrogen-bond acceptors (Lipinski definition) is 2. The van der Waals surface area contributed by atoms with Crippen LogP contribution in [0.5, 0.6) is 0 Å². The maximum atomic E-state index is 3.88. The standard InChI is InChI=1S/C17H34N2/c1-4-19(5-2)14-15(3)18-16-8-12-17(13-9-16)10-6-7-11-17/h15-16,18H,4-14H2,1-3H3. The smallest absolute Gasteiger partial charge is 0.0169 e. The van der Waals surface area contributed by atoms with Gasteiger partial charge < -0.3 is 10.2 Å². The second-order valence-corrected chi connectivity index (χ2v) is 7.03. The molecule has 2 heteroatoms. The lowest BCUT2D eigenvalue weighted by Gasteiger charge is -2.39. The molecule has 0 heterocycles. The summed E-state index contributed by atoms with van der Waals surface area (Å²) in [5, 5.41) is 3.88. The largest absolute Gasteiger partial charge is 0.310 e. The van der Waals surface area contributed by atoms with Crippen molar-refractivity contribution in [2.45, 2.75) is 84.2 Å². The third-order valence-corrected chi connectivity index (χ3v) is 5.66. The van der Waals surface area contributed by atoms with Gasteiger partial charge in [0, 0.05) is 18.6 Å². The van der Waals surface area contributed by atoms with Crippen molar-refractivity contribution < 1.29 is 0 Å². The van der Waals surface area contributed by atoms with Crippen LogP contribution in [0.15, 0.2) is 0 Å². The van der Waals surface area contributed by atoms with E-state index in [-0.39, 0.29) is 0 Å². The van der Waals surface area contributed by atoms with Crippen LogP contribution in [0.2, 0.25) is 0 Å². The van der Waals surface area contributed by atoms with Crippen molar-refractivity contribution in [3.63, 3.8) is 0 Å². The van der Waals surface area contributed by atoms with Crippen molar-refractivity contribution in [2.75, 3.05) is 19.6 Å². The Bertz CT molecular complexity index is 244. The molecule has 1 N–H and O–H groups in total. The molecule has 19 heavy (non-hydrogen) atoms. The Morgan fingerprint density at radius 1 is 1.05 bits per heavy atom. The summed E-state index contributed by atoms with van der Waals surface area (Å²) in [5.41, 5.74) is 0.778. The van der Waals surface area contributed by atoms with Crippen LogP contribution in [0.3, 0.4) is 0 Å². The molecule has 1 unspecified atom stereocenters. The summed E-state index contributed by atoms with van der Waals surface area (Å²) in [6, 6.07) is 1.43. The molecule has 0 saturated heterocycles. The third-order valence-electron chi connectivity index (χ3n) is 5.66. The Morgan fingerprint density at radius 2 is 1.63 bits per heavy atom. The molecule has 1 spiro atoms. The minimum atomic E-state index is 0.641. The van der Waals surface area contributed by atoms with Crippen LogP contribution in [-0.4, -0.2) is 36.6 Å². The molecule has 2 aliphatic carbocycles. The molecule has 2 rings (SSSR count). The maximum Gasteiger partial charge on any atom is 0.0169 e. The summed E-state index contributed by atoms with van der Waals surface area (Å²) in [6.45, 7) is 10.4. The van der Waals surface area contributed by atoms with Gasteiger partial charge in [0.15, 0.2) is 0 Å². The van der Waals surface area contributed by atoms with Gasteiger partial charge >= 0.3 is 0 Å². The van der Waals surface area contributed by atoms with Crippen molar-refractivity contribution in [3.8, 4) is 0 Å². The lowest BCUT2D eigenvalue weighted by molar-refractivity contribution is 0.157. The molecule has 112 valence electrons. The lowest BCUT2D eigenvalue weighted by Crippen LogP contribution is -2.46. The number of nitrogens with zero attached hydrogens (tertiary/aromatic N) is 1. The second-order valence-electron chi connectivity index (χ2n) is 7.03. The van der Waals surface area contributed by atoms with Crippen LogP contribution in [0, 0.1) is 5.41 Å². The molecule has 0 aromatic heterocycles. The zero-order valence-electron chi connectivity index (χ0n) is 13.4. The summed E-state index contributed by atoms with van der Waals surface area (Å²) in [6.07, 6.45) is 11.9. The average Bonchev–Trinajstić information content (AvgIpc) is 2.87. The Morgan fingerprint density at radius 3 is 2.16 bits per heavy atom. The summed E-state index contributed by atoms with van der Waals surface area (Å²) in [7, 11) is 0. The minimum absolute atomic E-state index is 0.641. The lowest BCUT2D eigenvalue weighted by atomic mass is 9.71. The zero-order valence-corrected chi connectivity index (χ0v) is 13.4. The van der Waals surface area contributed by atoms with Crippen LogP contribution in [0.1, 0.15) is 72.1 Å². The Labute approximate surface area is 120 Å². The average molecular weight is 266 g/mol. The van der Waals surface area contributed by atoms with Gasteiger partial charge in [-0.05, 0) is 64.0 Å². The molecule has 0 bridgehead atoms. The minimum Gasteiger partial charge on any atom is -0.310 e.